The molecule has 1 saturated heterocycles. The average molecular weight is 482 g/mol. The number of amidine groups is 1. The molecule has 1 atom stereocenters. The van der Waals surface area contributed by atoms with E-state index in [0.717, 1.165) is 41.9 Å². The van der Waals surface area contributed by atoms with Crippen LogP contribution in [0.5, 0.6) is 0 Å². The van der Waals surface area contributed by atoms with Gasteiger partial charge in [0.25, 0.3) is 0 Å². The summed E-state index contributed by atoms with van der Waals surface area (Å²) in [7, 11) is 0. The zero-order chi connectivity index (χ0) is 22.9. The van der Waals surface area contributed by atoms with Gasteiger partial charge in [0.15, 0.2) is 5.11 Å². The first-order chi connectivity index (χ1) is 16.8. The molecule has 6 rings (SSSR count). The van der Waals surface area contributed by atoms with Gasteiger partial charge in [-0.25, -0.2) is 4.98 Å². The lowest BCUT2D eigenvalue weighted by atomic mass is 10.1. The first kappa shape index (κ1) is 21.0. The molecule has 0 spiro atoms. The molecule has 0 radical (unpaired) electrons. The summed E-state index contributed by atoms with van der Waals surface area (Å²) in [6.07, 6.45) is 3.72. The van der Waals surface area contributed by atoms with E-state index in [-0.39, 0.29) is 6.04 Å². The number of imidazole rings is 1. The Labute approximate surface area is 207 Å². The monoisotopic (exact) mass is 481 g/mol. The predicted molar refractivity (Wildman–Crippen MR) is 146 cm³/mol. The van der Waals surface area contributed by atoms with Crippen molar-refractivity contribution in [1.82, 2.24) is 15.3 Å². The number of anilines is 1. The molecule has 2 aromatic heterocycles. The number of aliphatic imine (C=N–C) groups is 1. The number of aromatic nitrogens is 2. The van der Waals surface area contributed by atoms with E-state index in [0.29, 0.717) is 5.11 Å². The third-order valence-electron chi connectivity index (χ3n) is 6.12. The van der Waals surface area contributed by atoms with E-state index in [1.54, 1.807) is 17.7 Å². The summed E-state index contributed by atoms with van der Waals surface area (Å²) in [5.41, 5.74) is 4.28. The molecule has 34 heavy (non-hydrogen) atoms. The Kier molecular flexibility index (Phi) is 5.57. The molecule has 0 saturated carbocycles. The summed E-state index contributed by atoms with van der Waals surface area (Å²) in [6.45, 7) is 0.744. The third kappa shape index (κ3) is 3.97. The first-order valence-corrected chi connectivity index (χ1v) is 12.6. The highest BCUT2D eigenvalue weighted by atomic mass is 32.1. The fraction of sp³-hybridized carbons (Fsp3) is 0.148. The first-order valence-electron chi connectivity index (χ1n) is 11.4. The van der Waals surface area contributed by atoms with Crippen LogP contribution < -0.4 is 10.2 Å². The van der Waals surface area contributed by atoms with E-state index in [9.17, 15) is 0 Å². The van der Waals surface area contributed by atoms with Gasteiger partial charge in [0, 0.05) is 21.8 Å². The highest BCUT2D eigenvalue weighted by Crippen LogP contribution is 2.38. The number of aryl methyl sites for hydroxylation is 1. The van der Waals surface area contributed by atoms with Crippen LogP contribution in [0.2, 0.25) is 0 Å². The minimum atomic E-state index is -0.0852. The number of thiophene rings is 1. The number of hydrogen-bond donors (Lipinski definition) is 2. The van der Waals surface area contributed by atoms with Gasteiger partial charge in [-0.3, -0.25) is 4.99 Å². The third-order valence-corrected chi connectivity index (χ3v) is 7.58. The maximum absolute atomic E-state index is 5.83. The topological polar surface area (TPSA) is 56.3 Å². The smallest absolute Gasteiger partial charge is 0.179 e. The molecule has 7 heteroatoms. The van der Waals surface area contributed by atoms with Gasteiger partial charge in [0.05, 0.1) is 17.4 Å². The van der Waals surface area contributed by atoms with Crippen molar-refractivity contribution in [2.24, 2.45) is 4.99 Å². The minimum absolute atomic E-state index is 0.0852. The number of fused-ring (bicyclic) bond motifs is 2. The van der Waals surface area contributed by atoms with Crippen molar-refractivity contribution in [2.75, 3.05) is 11.4 Å². The fourth-order valence-corrected chi connectivity index (χ4v) is 5.94. The van der Waals surface area contributed by atoms with Gasteiger partial charge >= 0.3 is 0 Å². The molecule has 168 valence electrons. The Hall–Kier alpha value is -3.55. The van der Waals surface area contributed by atoms with Gasteiger partial charge in [-0.2, -0.15) is 0 Å². The molecule has 5 aromatic rings. The van der Waals surface area contributed by atoms with E-state index in [1.165, 1.54) is 20.5 Å². The van der Waals surface area contributed by atoms with Crippen LogP contribution in [0.4, 0.5) is 5.69 Å². The molecule has 0 bridgehead atoms. The summed E-state index contributed by atoms with van der Waals surface area (Å²) in [4.78, 5) is 16.0. The number of nitrogens with zero attached hydrogens (tertiary/aromatic N) is 3. The van der Waals surface area contributed by atoms with Gasteiger partial charge < -0.3 is 15.2 Å². The van der Waals surface area contributed by atoms with Crippen molar-refractivity contribution >= 4 is 61.3 Å². The molecule has 0 amide bonds. The SMILES string of the molecule is S=C1N/C(=N/CCCc2ccccc2)C(c2cc3ccccc3s2)N1c1ccc2[nH]cnc2c1. The van der Waals surface area contributed by atoms with Gasteiger partial charge in [-0.05, 0) is 66.3 Å². The van der Waals surface area contributed by atoms with Crippen LogP contribution >= 0.6 is 23.6 Å². The van der Waals surface area contributed by atoms with E-state index in [4.69, 9.17) is 17.2 Å². The molecular weight excluding hydrogens is 458 g/mol. The summed E-state index contributed by atoms with van der Waals surface area (Å²) in [5, 5.41) is 5.33. The minimum Gasteiger partial charge on any atom is -0.345 e. The van der Waals surface area contributed by atoms with Crippen molar-refractivity contribution in [3.8, 4) is 0 Å². The maximum Gasteiger partial charge on any atom is 0.179 e. The predicted octanol–water partition coefficient (Wildman–Crippen LogP) is 6.24. The highest BCUT2D eigenvalue weighted by Gasteiger charge is 2.37. The largest absolute Gasteiger partial charge is 0.345 e. The van der Waals surface area contributed by atoms with Crippen molar-refractivity contribution < 1.29 is 0 Å². The van der Waals surface area contributed by atoms with E-state index in [2.05, 4.69) is 99.0 Å². The van der Waals surface area contributed by atoms with Crippen LogP contribution in [-0.2, 0) is 6.42 Å². The maximum atomic E-state index is 5.83. The number of aromatic amines is 1. The van der Waals surface area contributed by atoms with Gasteiger partial charge in [0.1, 0.15) is 11.9 Å². The summed E-state index contributed by atoms with van der Waals surface area (Å²) < 4.78 is 1.27. The zero-order valence-electron chi connectivity index (χ0n) is 18.4. The molecule has 2 N–H and O–H groups in total. The number of H-pyrrole nitrogens is 1. The normalized spacial score (nSPS) is 17.2. The second-order valence-corrected chi connectivity index (χ2v) is 9.85. The lowest BCUT2D eigenvalue weighted by Crippen LogP contribution is -2.29. The number of rotatable bonds is 6. The Morgan fingerprint density at radius 2 is 1.85 bits per heavy atom. The molecule has 1 fully saturated rings. The lowest BCUT2D eigenvalue weighted by molar-refractivity contribution is 0.823. The average Bonchev–Trinajstić information content (AvgIpc) is 3.58. The Morgan fingerprint density at radius 3 is 2.74 bits per heavy atom. The molecule has 3 heterocycles. The quantitative estimate of drug-likeness (QED) is 0.222. The second kappa shape index (κ2) is 9.00. The summed E-state index contributed by atoms with van der Waals surface area (Å²) in [6, 6.07) is 27.5. The fourth-order valence-electron chi connectivity index (χ4n) is 4.47. The molecule has 1 unspecified atom stereocenters. The van der Waals surface area contributed by atoms with Crippen LogP contribution in [0, 0.1) is 0 Å². The highest BCUT2D eigenvalue weighted by molar-refractivity contribution is 7.80. The second-order valence-electron chi connectivity index (χ2n) is 8.35. The number of thiocarbonyl (C=S) groups is 1. The summed E-state index contributed by atoms with van der Waals surface area (Å²) >= 11 is 7.62. The molecule has 5 nitrogen and oxygen atoms in total. The van der Waals surface area contributed by atoms with Crippen LogP contribution in [0.3, 0.4) is 0 Å². The molecule has 0 aliphatic carbocycles. The standard InChI is InChI=1S/C27H23N5S2/c33-27-31-26(28-14-6-9-18-7-2-1-3-8-18)25(24-15-19-10-4-5-11-23(19)34-24)32(27)20-12-13-21-22(16-20)30-17-29-21/h1-5,7-8,10-13,15-17,25H,6,9,14H2,(H,29,30)(H,28,31,33). The molecule has 1 aliphatic heterocycles. The summed E-state index contributed by atoms with van der Waals surface area (Å²) in [5.74, 6) is 0.909. The van der Waals surface area contributed by atoms with Crippen molar-refractivity contribution in [3.05, 3.63) is 95.6 Å². The molecule has 1 aliphatic rings. The number of benzene rings is 3. The van der Waals surface area contributed by atoms with Crippen molar-refractivity contribution in [1.29, 1.82) is 0 Å². The van der Waals surface area contributed by atoms with E-state index < -0.39 is 0 Å². The van der Waals surface area contributed by atoms with E-state index >= 15 is 0 Å². The van der Waals surface area contributed by atoms with Crippen LogP contribution in [0.1, 0.15) is 22.9 Å². The Balaban J connectivity index is 1.35. The Morgan fingerprint density at radius 1 is 1.00 bits per heavy atom. The van der Waals surface area contributed by atoms with Gasteiger partial charge in [-0.1, -0.05) is 48.5 Å². The lowest BCUT2D eigenvalue weighted by Gasteiger charge is -2.24. The van der Waals surface area contributed by atoms with E-state index in [1.807, 2.05) is 0 Å². The number of nitrogens with one attached hydrogen (secondary N) is 2. The van der Waals surface area contributed by atoms with Gasteiger partial charge in [-0.15, -0.1) is 11.3 Å². The molecular formula is C27H23N5S2. The Bertz CT molecular complexity index is 1470. The van der Waals surface area contributed by atoms with Crippen molar-refractivity contribution in [3.63, 3.8) is 0 Å². The van der Waals surface area contributed by atoms with Gasteiger partial charge in [0.2, 0.25) is 0 Å². The number of hydrogen-bond acceptors (Lipinski definition) is 4. The van der Waals surface area contributed by atoms with Crippen LogP contribution in [0.25, 0.3) is 21.1 Å². The van der Waals surface area contributed by atoms with Crippen LogP contribution in [0.15, 0.2) is 90.2 Å². The zero-order valence-corrected chi connectivity index (χ0v) is 20.1. The van der Waals surface area contributed by atoms with Crippen LogP contribution in [-0.4, -0.2) is 27.5 Å². The van der Waals surface area contributed by atoms with Crippen molar-refractivity contribution in [2.45, 2.75) is 18.9 Å². The molecule has 3 aromatic carbocycles.